The highest BCUT2D eigenvalue weighted by molar-refractivity contribution is 5.95. The molecule has 2 aliphatic heterocycles. The highest BCUT2D eigenvalue weighted by atomic mass is 19.1. The fraction of sp³-hybridized carbons (Fsp3) is 0.458. The van der Waals surface area contributed by atoms with Crippen molar-refractivity contribution >= 4 is 5.91 Å². The summed E-state index contributed by atoms with van der Waals surface area (Å²) < 4.78 is 25.6. The number of likely N-dealkylation sites (tertiary alicyclic amines) is 2. The zero-order chi connectivity index (χ0) is 21.1. The molecule has 1 atom stereocenters. The Bertz CT molecular complexity index is 911. The molecule has 2 saturated heterocycles. The molecule has 0 bridgehead atoms. The van der Waals surface area contributed by atoms with Crippen molar-refractivity contribution in [3.63, 3.8) is 0 Å². The van der Waals surface area contributed by atoms with Gasteiger partial charge in [-0.15, -0.1) is 0 Å². The van der Waals surface area contributed by atoms with E-state index in [1.54, 1.807) is 32.4 Å². The molecule has 0 saturated carbocycles. The van der Waals surface area contributed by atoms with Gasteiger partial charge in [-0.3, -0.25) is 4.79 Å². The molecule has 0 aliphatic carbocycles. The van der Waals surface area contributed by atoms with E-state index in [-0.39, 0.29) is 17.5 Å². The molecule has 0 aromatic heterocycles. The summed E-state index contributed by atoms with van der Waals surface area (Å²) >= 11 is 0. The SMILES string of the molecule is COc1ccc(-c2ccc(C(=O)N3CCCC3CN3CCCC3)c(F)c2)cc1OC. The fourth-order valence-electron chi connectivity index (χ4n) is 4.59. The lowest BCUT2D eigenvalue weighted by Gasteiger charge is -2.28. The fourth-order valence-corrected chi connectivity index (χ4v) is 4.59. The molecular formula is C24H29FN2O3. The molecule has 2 heterocycles. The number of benzene rings is 2. The van der Waals surface area contributed by atoms with E-state index in [4.69, 9.17) is 9.47 Å². The van der Waals surface area contributed by atoms with Crippen LogP contribution in [0.2, 0.25) is 0 Å². The smallest absolute Gasteiger partial charge is 0.257 e. The van der Waals surface area contributed by atoms with Crippen LogP contribution in [0.5, 0.6) is 11.5 Å². The average molecular weight is 413 g/mol. The van der Waals surface area contributed by atoms with Gasteiger partial charge in [0.2, 0.25) is 0 Å². The molecule has 0 spiro atoms. The molecule has 2 aromatic carbocycles. The second-order valence-corrected chi connectivity index (χ2v) is 8.07. The number of rotatable bonds is 6. The number of nitrogens with zero attached hydrogens (tertiary/aromatic N) is 2. The second kappa shape index (κ2) is 9.04. The van der Waals surface area contributed by atoms with Crippen molar-refractivity contribution in [3.8, 4) is 22.6 Å². The third-order valence-corrected chi connectivity index (χ3v) is 6.22. The van der Waals surface area contributed by atoms with Gasteiger partial charge in [-0.1, -0.05) is 12.1 Å². The Morgan fingerprint density at radius 1 is 0.967 bits per heavy atom. The average Bonchev–Trinajstić information content (AvgIpc) is 3.45. The van der Waals surface area contributed by atoms with Crippen LogP contribution in [0.3, 0.4) is 0 Å². The summed E-state index contributed by atoms with van der Waals surface area (Å²) in [6, 6.07) is 10.5. The molecule has 6 heteroatoms. The molecule has 4 rings (SSSR count). The van der Waals surface area contributed by atoms with E-state index in [1.807, 2.05) is 17.0 Å². The lowest BCUT2D eigenvalue weighted by Crippen LogP contribution is -2.42. The van der Waals surface area contributed by atoms with Crippen molar-refractivity contribution in [2.24, 2.45) is 0 Å². The van der Waals surface area contributed by atoms with Crippen LogP contribution in [-0.2, 0) is 0 Å². The number of carbonyl (C=O) groups is 1. The van der Waals surface area contributed by atoms with Gasteiger partial charge in [0.1, 0.15) is 5.82 Å². The first-order chi connectivity index (χ1) is 14.6. The van der Waals surface area contributed by atoms with Gasteiger partial charge in [-0.2, -0.15) is 0 Å². The summed E-state index contributed by atoms with van der Waals surface area (Å²) in [6.07, 6.45) is 4.43. The Morgan fingerprint density at radius 2 is 1.67 bits per heavy atom. The zero-order valence-corrected chi connectivity index (χ0v) is 17.7. The van der Waals surface area contributed by atoms with Gasteiger partial charge >= 0.3 is 0 Å². The van der Waals surface area contributed by atoms with Gasteiger partial charge in [-0.05, 0) is 74.2 Å². The molecule has 30 heavy (non-hydrogen) atoms. The van der Waals surface area contributed by atoms with Crippen LogP contribution in [0, 0.1) is 5.82 Å². The number of halogens is 1. The molecule has 0 N–H and O–H groups in total. The largest absolute Gasteiger partial charge is 0.493 e. The lowest BCUT2D eigenvalue weighted by molar-refractivity contribution is 0.0704. The molecule has 2 aromatic rings. The maximum Gasteiger partial charge on any atom is 0.257 e. The van der Waals surface area contributed by atoms with E-state index in [2.05, 4.69) is 4.90 Å². The number of amides is 1. The minimum Gasteiger partial charge on any atom is -0.493 e. The quantitative estimate of drug-likeness (QED) is 0.713. The predicted molar refractivity (Wildman–Crippen MR) is 115 cm³/mol. The summed E-state index contributed by atoms with van der Waals surface area (Å²) in [5.41, 5.74) is 1.64. The number of methoxy groups -OCH3 is 2. The van der Waals surface area contributed by atoms with Gasteiger partial charge in [0.25, 0.3) is 5.91 Å². The van der Waals surface area contributed by atoms with Crippen molar-refractivity contribution in [3.05, 3.63) is 47.8 Å². The third-order valence-electron chi connectivity index (χ3n) is 6.22. The Hall–Kier alpha value is -2.60. The molecule has 1 amide bonds. The van der Waals surface area contributed by atoms with Crippen molar-refractivity contribution in [2.75, 3.05) is 40.4 Å². The Balaban J connectivity index is 1.53. The minimum atomic E-state index is -0.487. The number of hydrogen-bond donors (Lipinski definition) is 0. The van der Waals surface area contributed by atoms with Crippen LogP contribution in [0.1, 0.15) is 36.0 Å². The van der Waals surface area contributed by atoms with Crippen molar-refractivity contribution in [1.29, 1.82) is 0 Å². The van der Waals surface area contributed by atoms with Crippen LogP contribution in [0.25, 0.3) is 11.1 Å². The highest BCUT2D eigenvalue weighted by Crippen LogP contribution is 2.33. The molecule has 2 aliphatic rings. The Labute approximate surface area is 177 Å². The van der Waals surface area contributed by atoms with E-state index < -0.39 is 5.82 Å². The molecule has 5 nitrogen and oxygen atoms in total. The summed E-state index contributed by atoms with van der Waals surface area (Å²) in [5, 5.41) is 0. The number of carbonyl (C=O) groups excluding carboxylic acids is 1. The van der Waals surface area contributed by atoms with E-state index in [1.165, 1.54) is 18.9 Å². The Morgan fingerprint density at radius 3 is 2.37 bits per heavy atom. The molecule has 160 valence electrons. The van der Waals surface area contributed by atoms with Gasteiger partial charge in [-0.25, -0.2) is 4.39 Å². The van der Waals surface area contributed by atoms with E-state index in [9.17, 15) is 9.18 Å². The first kappa shape index (κ1) is 20.7. The Kier molecular flexibility index (Phi) is 6.23. The van der Waals surface area contributed by atoms with Crippen molar-refractivity contribution < 1.29 is 18.7 Å². The van der Waals surface area contributed by atoms with E-state index >= 15 is 0 Å². The standard InChI is InChI=1S/C24H29FN2O3/c1-29-22-10-8-18(15-23(22)30-2)17-7-9-20(21(25)14-17)24(28)27-13-5-6-19(27)16-26-11-3-4-12-26/h7-10,14-15,19H,3-6,11-13,16H2,1-2H3. The van der Waals surface area contributed by atoms with Gasteiger partial charge < -0.3 is 19.3 Å². The maximum absolute atomic E-state index is 15.0. The molecule has 0 radical (unpaired) electrons. The van der Waals surface area contributed by atoms with Crippen molar-refractivity contribution in [2.45, 2.75) is 31.7 Å². The second-order valence-electron chi connectivity index (χ2n) is 8.07. The number of ether oxygens (including phenoxy) is 2. The monoisotopic (exact) mass is 412 g/mol. The third kappa shape index (κ3) is 4.15. The first-order valence-corrected chi connectivity index (χ1v) is 10.7. The van der Waals surface area contributed by atoms with E-state index in [0.29, 0.717) is 23.6 Å². The van der Waals surface area contributed by atoms with Crippen LogP contribution < -0.4 is 9.47 Å². The van der Waals surface area contributed by atoms with Crippen LogP contribution >= 0.6 is 0 Å². The molecule has 2 fully saturated rings. The molecular weight excluding hydrogens is 383 g/mol. The van der Waals surface area contributed by atoms with E-state index in [0.717, 1.165) is 38.0 Å². The summed E-state index contributed by atoms with van der Waals surface area (Å²) in [5.74, 6) is 0.510. The topological polar surface area (TPSA) is 42.0 Å². The van der Waals surface area contributed by atoms with Crippen LogP contribution in [-0.4, -0.2) is 62.1 Å². The van der Waals surface area contributed by atoms with Crippen molar-refractivity contribution in [1.82, 2.24) is 9.80 Å². The maximum atomic E-state index is 15.0. The summed E-state index contributed by atoms with van der Waals surface area (Å²) in [4.78, 5) is 17.4. The van der Waals surface area contributed by atoms with Gasteiger partial charge in [0.15, 0.2) is 11.5 Å². The minimum absolute atomic E-state index is 0.146. The van der Waals surface area contributed by atoms with Gasteiger partial charge in [0.05, 0.1) is 19.8 Å². The number of hydrogen-bond acceptors (Lipinski definition) is 4. The van der Waals surface area contributed by atoms with Crippen LogP contribution in [0.15, 0.2) is 36.4 Å². The summed E-state index contributed by atoms with van der Waals surface area (Å²) in [6.45, 7) is 3.81. The highest BCUT2D eigenvalue weighted by Gasteiger charge is 2.32. The molecule has 1 unspecified atom stereocenters. The summed E-state index contributed by atoms with van der Waals surface area (Å²) in [7, 11) is 3.14. The normalized spacial score (nSPS) is 19.3. The first-order valence-electron chi connectivity index (χ1n) is 10.7. The van der Waals surface area contributed by atoms with Crippen LogP contribution in [0.4, 0.5) is 4.39 Å². The lowest BCUT2D eigenvalue weighted by atomic mass is 10.0. The predicted octanol–water partition coefficient (Wildman–Crippen LogP) is 4.21. The van der Waals surface area contributed by atoms with Gasteiger partial charge in [0, 0.05) is 19.1 Å². The zero-order valence-electron chi connectivity index (χ0n) is 17.7.